The lowest BCUT2D eigenvalue weighted by atomic mass is 9.89. The molecule has 1 aromatic carbocycles. The van der Waals surface area contributed by atoms with Crippen molar-refractivity contribution in [2.45, 2.75) is 12.8 Å². The predicted octanol–water partition coefficient (Wildman–Crippen LogP) is 4.12. The van der Waals surface area contributed by atoms with Gasteiger partial charge in [0.15, 0.2) is 0 Å². The Kier molecular flexibility index (Phi) is 6.52. The first-order valence-electron chi connectivity index (χ1n) is 10.3. The molecule has 2 aromatic heterocycles. The second-order valence-electron chi connectivity index (χ2n) is 7.38. The zero-order valence-corrected chi connectivity index (χ0v) is 17.4. The van der Waals surface area contributed by atoms with Crippen LogP contribution >= 0.6 is 0 Å². The summed E-state index contributed by atoms with van der Waals surface area (Å²) in [6.45, 7) is 1.35. The highest BCUT2D eigenvalue weighted by Crippen LogP contribution is 2.24. The molecule has 3 heterocycles. The second kappa shape index (κ2) is 9.84. The Morgan fingerprint density at radius 1 is 1.00 bits per heavy atom. The fourth-order valence-electron chi connectivity index (χ4n) is 3.78. The largest absolute Gasteiger partial charge is 0.399 e. The van der Waals surface area contributed by atoms with Crippen molar-refractivity contribution in [3.8, 4) is 0 Å². The minimum Gasteiger partial charge on any atom is -0.399 e. The van der Waals surface area contributed by atoms with Crippen molar-refractivity contribution < 1.29 is 9.63 Å². The number of aromatic nitrogens is 2. The van der Waals surface area contributed by atoms with E-state index in [2.05, 4.69) is 20.4 Å². The first-order valence-corrected chi connectivity index (χ1v) is 10.3. The van der Waals surface area contributed by atoms with Gasteiger partial charge in [-0.1, -0.05) is 11.2 Å². The Balaban J connectivity index is 1.37. The Labute approximate surface area is 181 Å². The van der Waals surface area contributed by atoms with Gasteiger partial charge in [0, 0.05) is 54.5 Å². The van der Waals surface area contributed by atoms with E-state index in [-0.39, 0.29) is 11.8 Å². The number of rotatable bonds is 6. The molecule has 31 heavy (non-hydrogen) atoms. The number of piperidine rings is 1. The van der Waals surface area contributed by atoms with Gasteiger partial charge in [0.2, 0.25) is 0 Å². The SMILES string of the molecule is CON=C(c1ccccn1)C1CCN(C(=O)c2ccc(Nc3ccncc3)cc2)CC1. The topological polar surface area (TPSA) is 79.7 Å². The normalized spacial score (nSPS) is 14.9. The summed E-state index contributed by atoms with van der Waals surface area (Å²) in [6, 6.07) is 17.1. The molecular weight excluding hydrogens is 390 g/mol. The van der Waals surface area contributed by atoms with Crippen LogP contribution in [0.5, 0.6) is 0 Å². The van der Waals surface area contributed by atoms with Crippen LogP contribution in [0.25, 0.3) is 0 Å². The summed E-state index contributed by atoms with van der Waals surface area (Å²) in [7, 11) is 1.55. The number of oxime groups is 1. The van der Waals surface area contributed by atoms with E-state index >= 15 is 0 Å². The molecule has 0 aliphatic carbocycles. The van der Waals surface area contributed by atoms with Gasteiger partial charge in [-0.05, 0) is 61.4 Å². The van der Waals surface area contributed by atoms with Gasteiger partial charge in [-0.3, -0.25) is 14.8 Å². The predicted molar refractivity (Wildman–Crippen MR) is 120 cm³/mol. The second-order valence-corrected chi connectivity index (χ2v) is 7.38. The lowest BCUT2D eigenvalue weighted by Gasteiger charge is -2.32. The number of nitrogens with zero attached hydrogens (tertiary/aromatic N) is 4. The third-order valence-corrected chi connectivity index (χ3v) is 5.39. The highest BCUT2D eigenvalue weighted by molar-refractivity contribution is 6.00. The molecule has 1 amide bonds. The maximum absolute atomic E-state index is 13.0. The number of benzene rings is 1. The molecule has 0 bridgehead atoms. The highest BCUT2D eigenvalue weighted by Gasteiger charge is 2.28. The monoisotopic (exact) mass is 415 g/mol. The van der Waals surface area contributed by atoms with Gasteiger partial charge in [-0.25, -0.2) is 0 Å². The van der Waals surface area contributed by atoms with Crippen molar-refractivity contribution in [2.75, 3.05) is 25.5 Å². The van der Waals surface area contributed by atoms with Gasteiger partial charge in [-0.15, -0.1) is 0 Å². The number of amides is 1. The standard InChI is InChI=1S/C24H25N5O2/c1-31-28-23(22-4-2-3-13-26-22)18-11-16-29(17-12-18)24(30)19-5-7-20(8-6-19)27-21-9-14-25-15-10-21/h2-10,13-15,18H,11-12,16-17H2,1H3,(H,25,27). The van der Waals surface area contributed by atoms with E-state index in [1.54, 1.807) is 25.7 Å². The zero-order chi connectivity index (χ0) is 21.5. The third kappa shape index (κ3) is 5.06. The number of nitrogens with one attached hydrogen (secondary N) is 1. The first-order chi connectivity index (χ1) is 15.2. The molecule has 7 nitrogen and oxygen atoms in total. The van der Waals surface area contributed by atoms with E-state index in [1.807, 2.05) is 59.5 Å². The molecule has 0 spiro atoms. The Morgan fingerprint density at radius 3 is 2.35 bits per heavy atom. The lowest BCUT2D eigenvalue weighted by molar-refractivity contribution is 0.0709. The maximum atomic E-state index is 13.0. The van der Waals surface area contributed by atoms with Gasteiger partial charge < -0.3 is 15.1 Å². The number of carbonyl (C=O) groups is 1. The first kappa shape index (κ1) is 20.5. The molecule has 4 rings (SSSR count). The molecule has 1 saturated heterocycles. The van der Waals surface area contributed by atoms with Crippen LogP contribution in [-0.2, 0) is 4.84 Å². The Morgan fingerprint density at radius 2 is 1.71 bits per heavy atom. The number of hydrogen-bond donors (Lipinski definition) is 1. The van der Waals surface area contributed by atoms with Crippen LogP contribution in [0.3, 0.4) is 0 Å². The van der Waals surface area contributed by atoms with Crippen molar-refractivity contribution in [1.82, 2.24) is 14.9 Å². The van der Waals surface area contributed by atoms with Gasteiger partial charge in [-0.2, -0.15) is 0 Å². The van der Waals surface area contributed by atoms with Crippen molar-refractivity contribution in [2.24, 2.45) is 11.1 Å². The molecule has 0 unspecified atom stereocenters. The zero-order valence-electron chi connectivity index (χ0n) is 17.4. The van der Waals surface area contributed by atoms with Crippen LogP contribution in [0.4, 0.5) is 11.4 Å². The molecule has 158 valence electrons. The van der Waals surface area contributed by atoms with E-state index in [9.17, 15) is 4.79 Å². The number of likely N-dealkylation sites (tertiary alicyclic amines) is 1. The molecule has 1 aliphatic heterocycles. The van der Waals surface area contributed by atoms with E-state index in [0.29, 0.717) is 18.7 Å². The fraction of sp³-hybridized carbons (Fsp3) is 0.250. The molecular formula is C24H25N5O2. The van der Waals surface area contributed by atoms with Crippen LogP contribution in [0.1, 0.15) is 28.9 Å². The van der Waals surface area contributed by atoms with Crippen molar-refractivity contribution >= 4 is 23.0 Å². The Hall–Kier alpha value is -3.74. The van der Waals surface area contributed by atoms with Crippen LogP contribution < -0.4 is 5.32 Å². The van der Waals surface area contributed by atoms with Gasteiger partial charge in [0.05, 0.1) is 5.69 Å². The molecule has 0 atom stereocenters. The van der Waals surface area contributed by atoms with Gasteiger partial charge in [0.25, 0.3) is 5.91 Å². The summed E-state index contributed by atoms with van der Waals surface area (Å²) in [5, 5.41) is 7.53. The van der Waals surface area contributed by atoms with E-state index in [4.69, 9.17) is 4.84 Å². The van der Waals surface area contributed by atoms with Crippen molar-refractivity contribution in [1.29, 1.82) is 0 Å². The third-order valence-electron chi connectivity index (χ3n) is 5.39. The van der Waals surface area contributed by atoms with Gasteiger partial charge >= 0.3 is 0 Å². The van der Waals surface area contributed by atoms with E-state index in [0.717, 1.165) is 35.6 Å². The fourth-order valence-corrected chi connectivity index (χ4v) is 3.78. The molecule has 7 heteroatoms. The maximum Gasteiger partial charge on any atom is 0.253 e. The van der Waals surface area contributed by atoms with Crippen LogP contribution in [0.15, 0.2) is 78.3 Å². The number of pyridine rings is 2. The molecule has 0 radical (unpaired) electrons. The van der Waals surface area contributed by atoms with Crippen molar-refractivity contribution in [3.05, 3.63) is 84.4 Å². The molecule has 0 saturated carbocycles. The van der Waals surface area contributed by atoms with Crippen LogP contribution in [0, 0.1) is 5.92 Å². The lowest BCUT2D eigenvalue weighted by Crippen LogP contribution is -2.40. The molecule has 1 aliphatic rings. The number of carbonyl (C=O) groups excluding carboxylic acids is 1. The minimum atomic E-state index is 0.0528. The van der Waals surface area contributed by atoms with Crippen LogP contribution in [-0.4, -0.2) is 46.7 Å². The van der Waals surface area contributed by atoms with E-state index < -0.39 is 0 Å². The quantitative estimate of drug-likeness (QED) is 0.484. The summed E-state index contributed by atoms with van der Waals surface area (Å²) in [4.78, 5) is 28.4. The van der Waals surface area contributed by atoms with Crippen LogP contribution in [0.2, 0.25) is 0 Å². The number of anilines is 2. The number of hydrogen-bond acceptors (Lipinski definition) is 6. The summed E-state index contributed by atoms with van der Waals surface area (Å²) >= 11 is 0. The average molecular weight is 415 g/mol. The average Bonchev–Trinajstić information content (AvgIpc) is 2.84. The van der Waals surface area contributed by atoms with Crippen molar-refractivity contribution in [3.63, 3.8) is 0 Å². The Bertz CT molecular complexity index is 1010. The molecule has 1 N–H and O–H groups in total. The summed E-state index contributed by atoms with van der Waals surface area (Å²) in [5.41, 5.74) is 4.25. The molecule has 3 aromatic rings. The summed E-state index contributed by atoms with van der Waals surface area (Å²) < 4.78 is 0. The van der Waals surface area contributed by atoms with Gasteiger partial charge in [0.1, 0.15) is 12.8 Å². The summed E-state index contributed by atoms with van der Waals surface area (Å²) in [6.07, 6.45) is 6.88. The smallest absolute Gasteiger partial charge is 0.253 e. The minimum absolute atomic E-state index is 0.0528. The summed E-state index contributed by atoms with van der Waals surface area (Å²) in [5.74, 6) is 0.266. The molecule has 1 fully saturated rings. The van der Waals surface area contributed by atoms with E-state index in [1.165, 1.54) is 0 Å². The highest BCUT2D eigenvalue weighted by atomic mass is 16.6.